The summed E-state index contributed by atoms with van der Waals surface area (Å²) >= 11 is 0. The number of nitrogens with one attached hydrogen (secondary N) is 2. The highest BCUT2D eigenvalue weighted by atomic mass is 16.5. The van der Waals surface area contributed by atoms with Gasteiger partial charge in [-0.05, 0) is 53.1 Å². The van der Waals surface area contributed by atoms with E-state index in [2.05, 4.69) is 20.6 Å². The third-order valence-corrected chi connectivity index (χ3v) is 4.40. The molecule has 0 aliphatic rings. The second kappa shape index (κ2) is 12.9. The molecule has 0 saturated heterocycles. The summed E-state index contributed by atoms with van der Waals surface area (Å²) in [6.45, 7) is 4.89. The quantitative estimate of drug-likeness (QED) is 0.542. The van der Waals surface area contributed by atoms with Crippen LogP contribution in [-0.2, 0) is 22.6 Å². The highest BCUT2D eigenvalue weighted by Gasteiger charge is 2.20. The number of pyridine rings is 2. The fraction of sp³-hybridized carbons (Fsp3) is 0.250. The Labute approximate surface area is 182 Å². The Morgan fingerprint density at radius 3 is 1.87 bits per heavy atom. The van der Waals surface area contributed by atoms with Gasteiger partial charge in [0.1, 0.15) is 6.04 Å². The van der Waals surface area contributed by atoms with Crippen LogP contribution >= 0.6 is 0 Å². The number of hydrogen-bond donors (Lipinski definition) is 2. The molecular weight excluding hydrogens is 392 g/mol. The zero-order valence-corrected chi connectivity index (χ0v) is 18.0. The lowest BCUT2D eigenvalue weighted by Gasteiger charge is -2.19. The second-order valence-corrected chi connectivity index (χ2v) is 6.36. The normalized spacial score (nSPS) is 10.9. The molecule has 0 radical (unpaired) electrons. The Morgan fingerprint density at radius 1 is 0.839 bits per heavy atom. The van der Waals surface area contributed by atoms with Gasteiger partial charge >= 0.3 is 5.97 Å². The number of methoxy groups -OCH3 is 1. The van der Waals surface area contributed by atoms with Gasteiger partial charge in [0.2, 0.25) is 5.91 Å². The van der Waals surface area contributed by atoms with Gasteiger partial charge in [-0.3, -0.25) is 20.1 Å². The number of benzene rings is 1. The molecule has 3 rings (SSSR count). The van der Waals surface area contributed by atoms with E-state index in [0.29, 0.717) is 18.7 Å². The molecule has 1 aromatic carbocycles. The lowest BCUT2D eigenvalue weighted by molar-refractivity contribution is -0.123. The molecule has 0 bridgehead atoms. The summed E-state index contributed by atoms with van der Waals surface area (Å²) in [6.07, 6.45) is 6.79. The van der Waals surface area contributed by atoms with Crippen LogP contribution < -0.4 is 10.6 Å². The van der Waals surface area contributed by atoms with Gasteiger partial charge in [-0.2, -0.15) is 0 Å². The summed E-state index contributed by atoms with van der Waals surface area (Å²) in [4.78, 5) is 32.6. The Bertz CT molecular complexity index is 932. The monoisotopic (exact) mass is 420 g/mol. The van der Waals surface area contributed by atoms with E-state index >= 15 is 0 Å². The van der Waals surface area contributed by atoms with Gasteiger partial charge in [-0.15, -0.1) is 0 Å². The van der Waals surface area contributed by atoms with Gasteiger partial charge in [-0.1, -0.05) is 26.0 Å². The number of rotatable bonds is 8. The van der Waals surface area contributed by atoms with Crippen molar-refractivity contribution < 1.29 is 14.3 Å². The van der Waals surface area contributed by atoms with E-state index in [-0.39, 0.29) is 5.91 Å². The minimum atomic E-state index is -0.586. The van der Waals surface area contributed by atoms with Crippen LogP contribution in [0.5, 0.6) is 0 Å². The largest absolute Gasteiger partial charge is 0.465 e. The van der Waals surface area contributed by atoms with E-state index in [9.17, 15) is 9.59 Å². The predicted octanol–water partition coefficient (Wildman–Crippen LogP) is 3.44. The number of carbonyl (C=O) groups is 2. The van der Waals surface area contributed by atoms with Gasteiger partial charge in [-0.25, -0.2) is 4.79 Å². The van der Waals surface area contributed by atoms with Crippen LogP contribution in [-0.4, -0.2) is 29.0 Å². The molecule has 2 aromatic heterocycles. The maximum absolute atomic E-state index is 12.9. The van der Waals surface area contributed by atoms with E-state index in [1.165, 1.54) is 7.11 Å². The number of aromatic nitrogens is 2. The predicted molar refractivity (Wildman–Crippen MR) is 119 cm³/mol. The average molecular weight is 421 g/mol. The van der Waals surface area contributed by atoms with E-state index in [0.717, 1.165) is 16.7 Å². The number of carbonyl (C=O) groups excluding carboxylic acids is 2. The third kappa shape index (κ3) is 7.31. The molecule has 162 valence electrons. The average Bonchev–Trinajstić information content (AvgIpc) is 2.85. The lowest BCUT2D eigenvalue weighted by Crippen LogP contribution is -2.37. The number of esters is 1. The number of nitrogens with zero attached hydrogens (tertiary/aromatic N) is 2. The molecule has 1 atom stereocenters. The van der Waals surface area contributed by atoms with E-state index < -0.39 is 12.0 Å². The highest BCUT2D eigenvalue weighted by molar-refractivity contribution is 5.89. The molecular formula is C24H28N4O3. The Kier molecular flexibility index (Phi) is 9.84. The first-order chi connectivity index (χ1) is 15.2. The molecule has 1 amide bonds. The van der Waals surface area contributed by atoms with Crippen molar-refractivity contribution in [2.24, 2.45) is 0 Å². The maximum Gasteiger partial charge on any atom is 0.337 e. The zero-order chi connectivity index (χ0) is 22.5. The molecule has 7 heteroatoms. The Morgan fingerprint density at radius 2 is 1.35 bits per heavy atom. The van der Waals surface area contributed by atoms with Crippen LogP contribution in [0, 0.1) is 0 Å². The smallest absolute Gasteiger partial charge is 0.337 e. The minimum absolute atomic E-state index is 0.165. The van der Waals surface area contributed by atoms with Crippen molar-refractivity contribution in [2.75, 3.05) is 7.11 Å². The SMILES string of the molecule is CC.COC(=O)c1ccc(C(NCc2ccncc2)C(=O)NCc2ccncc2)cc1. The molecule has 0 aliphatic heterocycles. The molecule has 2 heterocycles. The van der Waals surface area contributed by atoms with E-state index in [1.807, 2.05) is 38.1 Å². The summed E-state index contributed by atoms with van der Waals surface area (Å²) in [5.41, 5.74) is 3.15. The van der Waals surface area contributed by atoms with Crippen LogP contribution in [0.3, 0.4) is 0 Å². The Balaban J connectivity index is 0.00000166. The van der Waals surface area contributed by atoms with Gasteiger partial charge in [0, 0.05) is 37.9 Å². The number of ether oxygens (including phenoxy) is 1. The highest BCUT2D eigenvalue weighted by Crippen LogP contribution is 2.16. The number of hydrogen-bond acceptors (Lipinski definition) is 6. The van der Waals surface area contributed by atoms with Crippen molar-refractivity contribution in [1.82, 2.24) is 20.6 Å². The first-order valence-electron chi connectivity index (χ1n) is 10.1. The molecule has 0 aliphatic carbocycles. The van der Waals surface area contributed by atoms with Crippen LogP contribution in [0.15, 0.2) is 73.3 Å². The van der Waals surface area contributed by atoms with Gasteiger partial charge in [0.05, 0.1) is 12.7 Å². The fourth-order valence-electron chi connectivity index (χ4n) is 2.80. The van der Waals surface area contributed by atoms with Crippen molar-refractivity contribution in [3.63, 3.8) is 0 Å². The zero-order valence-electron chi connectivity index (χ0n) is 18.0. The first kappa shape index (κ1) is 23.7. The third-order valence-electron chi connectivity index (χ3n) is 4.40. The summed E-state index contributed by atoms with van der Waals surface area (Å²) in [7, 11) is 1.34. The topological polar surface area (TPSA) is 93.2 Å². The first-order valence-corrected chi connectivity index (χ1v) is 10.1. The van der Waals surface area contributed by atoms with E-state index in [1.54, 1.807) is 49.1 Å². The molecule has 2 N–H and O–H groups in total. The lowest BCUT2D eigenvalue weighted by atomic mass is 10.0. The Hall–Kier alpha value is -3.58. The summed E-state index contributed by atoms with van der Waals surface area (Å²) in [6, 6.07) is 13.7. The van der Waals surface area contributed by atoms with Gasteiger partial charge in [0.15, 0.2) is 0 Å². The van der Waals surface area contributed by atoms with Gasteiger partial charge < -0.3 is 10.1 Å². The molecule has 0 saturated carbocycles. The molecule has 7 nitrogen and oxygen atoms in total. The molecule has 1 unspecified atom stereocenters. The van der Waals surface area contributed by atoms with Crippen LogP contribution in [0.25, 0.3) is 0 Å². The summed E-state index contributed by atoms with van der Waals surface area (Å²) in [5.74, 6) is -0.582. The molecule has 3 aromatic rings. The summed E-state index contributed by atoms with van der Waals surface area (Å²) < 4.78 is 4.73. The van der Waals surface area contributed by atoms with Crippen molar-refractivity contribution in [3.05, 3.63) is 95.6 Å². The van der Waals surface area contributed by atoms with Crippen molar-refractivity contribution >= 4 is 11.9 Å². The standard InChI is InChI=1S/C22H22N4O3.C2H6/c1-29-22(28)19-4-2-18(3-5-19)20(25-14-16-6-10-23-11-7-16)21(27)26-15-17-8-12-24-13-9-17;1-2/h2-13,20,25H,14-15H2,1H3,(H,26,27);1-2H3. The second-order valence-electron chi connectivity index (χ2n) is 6.36. The minimum Gasteiger partial charge on any atom is -0.465 e. The van der Waals surface area contributed by atoms with Crippen LogP contribution in [0.4, 0.5) is 0 Å². The van der Waals surface area contributed by atoms with Gasteiger partial charge in [0.25, 0.3) is 0 Å². The summed E-state index contributed by atoms with van der Waals surface area (Å²) in [5, 5.41) is 6.23. The molecule has 0 fully saturated rings. The van der Waals surface area contributed by atoms with Crippen LogP contribution in [0.1, 0.15) is 46.9 Å². The van der Waals surface area contributed by atoms with Crippen molar-refractivity contribution in [2.45, 2.75) is 33.0 Å². The van der Waals surface area contributed by atoms with Crippen molar-refractivity contribution in [3.8, 4) is 0 Å². The molecule has 31 heavy (non-hydrogen) atoms. The number of amides is 1. The molecule has 0 spiro atoms. The van der Waals surface area contributed by atoms with Crippen molar-refractivity contribution in [1.29, 1.82) is 0 Å². The fourth-order valence-corrected chi connectivity index (χ4v) is 2.80. The maximum atomic E-state index is 12.9. The van der Waals surface area contributed by atoms with Crippen LogP contribution in [0.2, 0.25) is 0 Å². The van der Waals surface area contributed by atoms with E-state index in [4.69, 9.17) is 4.74 Å².